The molecule has 1 N–H and O–H groups in total. The predicted octanol–water partition coefficient (Wildman–Crippen LogP) is 1.12. The van der Waals surface area contributed by atoms with E-state index in [9.17, 15) is 4.79 Å². The maximum absolute atomic E-state index is 12.1. The third kappa shape index (κ3) is 1.72. The standard InChI is InChI=1S/C12H19NO2/c14-11-6-9-3-4-10(13-9)12(11)8-2-1-5-15-7-8/h8-10,12-13H,1-7H2. The minimum atomic E-state index is 0.254. The van der Waals surface area contributed by atoms with Crippen molar-refractivity contribution in [3.05, 3.63) is 0 Å². The third-order valence-corrected chi connectivity index (χ3v) is 4.23. The average molecular weight is 209 g/mol. The van der Waals surface area contributed by atoms with Crippen LogP contribution in [0.15, 0.2) is 0 Å². The molecule has 4 atom stereocenters. The smallest absolute Gasteiger partial charge is 0.139 e. The van der Waals surface area contributed by atoms with Crippen molar-refractivity contribution in [2.24, 2.45) is 11.8 Å². The normalized spacial score (nSPS) is 45.7. The summed E-state index contributed by atoms with van der Waals surface area (Å²) in [5.74, 6) is 1.24. The maximum Gasteiger partial charge on any atom is 0.139 e. The van der Waals surface area contributed by atoms with Crippen LogP contribution in [0.2, 0.25) is 0 Å². The van der Waals surface area contributed by atoms with Crippen LogP contribution in [0.5, 0.6) is 0 Å². The Morgan fingerprint density at radius 3 is 3.00 bits per heavy atom. The molecule has 3 fully saturated rings. The zero-order valence-electron chi connectivity index (χ0n) is 9.08. The summed E-state index contributed by atoms with van der Waals surface area (Å²) in [5, 5.41) is 3.59. The van der Waals surface area contributed by atoms with Crippen molar-refractivity contribution in [2.75, 3.05) is 13.2 Å². The van der Waals surface area contributed by atoms with Gasteiger partial charge in [0.05, 0.1) is 6.61 Å². The Kier molecular flexibility index (Phi) is 2.53. The summed E-state index contributed by atoms with van der Waals surface area (Å²) >= 11 is 0. The topological polar surface area (TPSA) is 38.3 Å². The molecule has 0 saturated carbocycles. The Labute approximate surface area is 90.6 Å². The molecule has 0 aromatic carbocycles. The van der Waals surface area contributed by atoms with Gasteiger partial charge in [-0.25, -0.2) is 0 Å². The van der Waals surface area contributed by atoms with Crippen LogP contribution in [0.1, 0.15) is 32.1 Å². The molecule has 3 rings (SSSR count). The van der Waals surface area contributed by atoms with Crippen molar-refractivity contribution in [1.82, 2.24) is 5.32 Å². The first kappa shape index (κ1) is 9.79. The number of ether oxygens (including phenoxy) is 1. The van der Waals surface area contributed by atoms with Crippen LogP contribution in [-0.4, -0.2) is 31.1 Å². The first-order valence-corrected chi connectivity index (χ1v) is 6.21. The molecule has 3 aliphatic rings. The molecule has 2 bridgehead atoms. The molecule has 0 spiro atoms. The Morgan fingerprint density at radius 1 is 1.27 bits per heavy atom. The molecular formula is C12H19NO2. The largest absolute Gasteiger partial charge is 0.381 e. The van der Waals surface area contributed by atoms with Gasteiger partial charge < -0.3 is 10.1 Å². The number of carbonyl (C=O) groups is 1. The average Bonchev–Trinajstić information content (AvgIpc) is 2.62. The minimum absolute atomic E-state index is 0.254. The fraction of sp³-hybridized carbons (Fsp3) is 0.917. The first-order valence-electron chi connectivity index (χ1n) is 6.21. The lowest BCUT2D eigenvalue weighted by Crippen LogP contribution is -2.50. The highest BCUT2D eigenvalue weighted by molar-refractivity contribution is 5.84. The summed E-state index contributed by atoms with van der Waals surface area (Å²) in [7, 11) is 0. The van der Waals surface area contributed by atoms with Gasteiger partial charge in [-0.3, -0.25) is 4.79 Å². The highest BCUT2D eigenvalue weighted by atomic mass is 16.5. The van der Waals surface area contributed by atoms with Crippen molar-refractivity contribution in [3.8, 4) is 0 Å². The van der Waals surface area contributed by atoms with E-state index in [4.69, 9.17) is 4.74 Å². The highest BCUT2D eigenvalue weighted by Gasteiger charge is 2.44. The van der Waals surface area contributed by atoms with E-state index in [1.807, 2.05) is 0 Å². The van der Waals surface area contributed by atoms with E-state index >= 15 is 0 Å². The fourth-order valence-corrected chi connectivity index (χ4v) is 3.54. The van der Waals surface area contributed by atoms with Gasteiger partial charge in [-0.2, -0.15) is 0 Å². The fourth-order valence-electron chi connectivity index (χ4n) is 3.54. The van der Waals surface area contributed by atoms with E-state index in [1.54, 1.807) is 0 Å². The molecule has 15 heavy (non-hydrogen) atoms. The lowest BCUT2D eigenvalue weighted by molar-refractivity contribution is -0.129. The van der Waals surface area contributed by atoms with Crippen molar-refractivity contribution < 1.29 is 9.53 Å². The lowest BCUT2D eigenvalue weighted by atomic mass is 9.77. The van der Waals surface area contributed by atoms with Crippen molar-refractivity contribution in [1.29, 1.82) is 0 Å². The number of ketones is 1. The summed E-state index contributed by atoms with van der Waals surface area (Å²) in [5.41, 5.74) is 0. The number of hydrogen-bond acceptors (Lipinski definition) is 3. The molecule has 3 nitrogen and oxygen atoms in total. The number of rotatable bonds is 1. The Morgan fingerprint density at radius 2 is 2.20 bits per heavy atom. The molecule has 0 aromatic rings. The quantitative estimate of drug-likeness (QED) is 0.703. The van der Waals surface area contributed by atoms with Crippen LogP contribution in [0.25, 0.3) is 0 Å². The van der Waals surface area contributed by atoms with E-state index in [0.717, 1.165) is 26.1 Å². The van der Waals surface area contributed by atoms with E-state index in [0.29, 0.717) is 23.8 Å². The van der Waals surface area contributed by atoms with Crippen LogP contribution in [0, 0.1) is 11.8 Å². The van der Waals surface area contributed by atoms with Gasteiger partial charge in [0, 0.05) is 31.0 Å². The molecular weight excluding hydrogens is 190 g/mol. The van der Waals surface area contributed by atoms with Gasteiger partial charge in [-0.15, -0.1) is 0 Å². The van der Waals surface area contributed by atoms with Gasteiger partial charge in [0.1, 0.15) is 5.78 Å². The van der Waals surface area contributed by atoms with E-state index in [1.165, 1.54) is 19.3 Å². The summed E-state index contributed by atoms with van der Waals surface area (Å²) in [6, 6.07) is 0.950. The molecule has 0 radical (unpaired) electrons. The number of carbonyl (C=O) groups excluding carboxylic acids is 1. The second kappa shape index (κ2) is 3.87. The molecule has 84 valence electrons. The van der Waals surface area contributed by atoms with Crippen molar-refractivity contribution in [3.63, 3.8) is 0 Å². The van der Waals surface area contributed by atoms with Crippen LogP contribution in [0.4, 0.5) is 0 Å². The van der Waals surface area contributed by atoms with Crippen LogP contribution in [0.3, 0.4) is 0 Å². The second-order valence-corrected chi connectivity index (χ2v) is 5.22. The number of piperidine rings is 1. The summed E-state index contributed by atoms with van der Waals surface area (Å²) in [6.07, 6.45) is 5.46. The van der Waals surface area contributed by atoms with Gasteiger partial charge in [0.15, 0.2) is 0 Å². The van der Waals surface area contributed by atoms with E-state index in [-0.39, 0.29) is 5.92 Å². The van der Waals surface area contributed by atoms with Crippen molar-refractivity contribution >= 4 is 5.78 Å². The number of nitrogens with one attached hydrogen (secondary N) is 1. The van der Waals surface area contributed by atoms with E-state index < -0.39 is 0 Å². The predicted molar refractivity (Wildman–Crippen MR) is 56.6 cm³/mol. The molecule has 3 saturated heterocycles. The summed E-state index contributed by atoms with van der Waals surface area (Å²) in [6.45, 7) is 1.69. The number of hydrogen-bond donors (Lipinski definition) is 1. The lowest BCUT2D eigenvalue weighted by Gasteiger charge is -2.36. The van der Waals surface area contributed by atoms with Gasteiger partial charge in [-0.1, -0.05) is 0 Å². The Bertz CT molecular complexity index is 260. The molecule has 3 heteroatoms. The SMILES string of the molecule is O=C1CC2CCC(N2)C1C1CCCOC1. The van der Waals surface area contributed by atoms with Gasteiger partial charge >= 0.3 is 0 Å². The Hall–Kier alpha value is -0.410. The van der Waals surface area contributed by atoms with Gasteiger partial charge in [0.2, 0.25) is 0 Å². The monoisotopic (exact) mass is 209 g/mol. The van der Waals surface area contributed by atoms with Crippen LogP contribution < -0.4 is 5.32 Å². The Balaban J connectivity index is 1.74. The first-order chi connectivity index (χ1) is 7.34. The summed E-state index contributed by atoms with van der Waals surface area (Å²) in [4.78, 5) is 12.1. The van der Waals surface area contributed by atoms with Gasteiger partial charge in [-0.05, 0) is 31.6 Å². The zero-order valence-corrected chi connectivity index (χ0v) is 9.08. The summed E-state index contributed by atoms with van der Waals surface area (Å²) < 4.78 is 5.51. The van der Waals surface area contributed by atoms with E-state index in [2.05, 4.69) is 5.32 Å². The molecule has 3 heterocycles. The third-order valence-electron chi connectivity index (χ3n) is 4.23. The second-order valence-electron chi connectivity index (χ2n) is 5.22. The number of fused-ring (bicyclic) bond motifs is 2. The molecule has 3 aliphatic heterocycles. The minimum Gasteiger partial charge on any atom is -0.381 e. The molecule has 0 amide bonds. The highest BCUT2D eigenvalue weighted by Crippen LogP contribution is 2.36. The zero-order chi connectivity index (χ0) is 10.3. The van der Waals surface area contributed by atoms with Gasteiger partial charge in [0.25, 0.3) is 0 Å². The van der Waals surface area contributed by atoms with Crippen LogP contribution >= 0.6 is 0 Å². The molecule has 0 aromatic heterocycles. The maximum atomic E-state index is 12.1. The number of Topliss-reactive ketones (excluding diaryl/α,β-unsaturated/α-hetero) is 1. The molecule has 0 aliphatic carbocycles. The van der Waals surface area contributed by atoms with Crippen molar-refractivity contribution in [2.45, 2.75) is 44.2 Å². The molecule has 4 unspecified atom stereocenters. The van der Waals surface area contributed by atoms with Crippen LogP contribution in [-0.2, 0) is 9.53 Å².